The SMILES string of the molecule is COc1cccc(C(OB(O)F)(c2ccccc2)c2ccccc2)c1OC.OB(O)F.OB(O)F.OB(O)F. The molecule has 7 N–H and O–H groups in total. The molecule has 0 saturated heterocycles. The standard InChI is InChI=1S/C21H20BFO4.3BFH2O2/c1-25-19-15-9-14-18(20(19)26-2)21(27-22(23)24,16-10-5-3-6-11-16)17-12-7-4-8-13-17;3*2-1(3)4/h3-15,24H,1-2H3;3*3-4H. The van der Waals surface area contributed by atoms with Crippen molar-refractivity contribution in [2.45, 2.75) is 5.60 Å². The lowest BCUT2D eigenvalue weighted by Gasteiger charge is -2.36. The van der Waals surface area contributed by atoms with Crippen LogP contribution in [0.4, 0.5) is 17.3 Å². The van der Waals surface area contributed by atoms with Crippen LogP contribution in [0.1, 0.15) is 16.7 Å². The van der Waals surface area contributed by atoms with Crippen molar-refractivity contribution in [3.8, 4) is 11.5 Å². The topological polar surface area (TPSA) is 169 Å². The van der Waals surface area contributed by atoms with Gasteiger partial charge in [-0.3, -0.25) is 17.3 Å². The summed E-state index contributed by atoms with van der Waals surface area (Å²) in [5, 5.41) is 51.3. The minimum atomic E-state index is -2.67. The summed E-state index contributed by atoms with van der Waals surface area (Å²) in [7, 11) is -7.48. The molecule has 0 aliphatic carbocycles. The third-order valence-electron chi connectivity index (χ3n) is 4.42. The highest BCUT2D eigenvalue weighted by Gasteiger charge is 2.44. The van der Waals surface area contributed by atoms with Crippen LogP contribution in [-0.4, -0.2) is 79.0 Å². The molecule has 10 nitrogen and oxygen atoms in total. The van der Waals surface area contributed by atoms with Crippen molar-refractivity contribution in [1.29, 1.82) is 0 Å². The van der Waals surface area contributed by atoms with E-state index in [1.807, 2.05) is 60.7 Å². The van der Waals surface area contributed by atoms with E-state index in [4.69, 9.17) is 44.3 Å². The summed E-state index contributed by atoms with van der Waals surface area (Å²) in [5.74, 6) is 0.872. The Morgan fingerprint density at radius 3 is 1.26 bits per heavy atom. The Balaban J connectivity index is 0.00000102. The van der Waals surface area contributed by atoms with Crippen molar-refractivity contribution in [3.05, 3.63) is 95.6 Å². The molecule has 0 bridgehead atoms. The van der Waals surface area contributed by atoms with Gasteiger partial charge < -0.3 is 49.3 Å². The number of hydrogen-bond donors (Lipinski definition) is 7. The van der Waals surface area contributed by atoms with Crippen LogP contribution >= 0.6 is 0 Å². The predicted octanol–water partition coefficient (Wildman–Crippen LogP) is 0.735. The molecular formula is C21H26B4F4O10. The molecule has 3 aromatic carbocycles. The average Bonchev–Trinajstić information content (AvgIpc) is 2.86. The highest BCUT2D eigenvalue weighted by atomic mass is 19.1. The molecular weight excluding hydrogens is 531 g/mol. The van der Waals surface area contributed by atoms with E-state index in [1.165, 1.54) is 14.2 Å². The van der Waals surface area contributed by atoms with Crippen molar-refractivity contribution >= 4 is 29.6 Å². The lowest BCUT2D eigenvalue weighted by Crippen LogP contribution is -2.38. The van der Waals surface area contributed by atoms with E-state index >= 15 is 0 Å². The first-order chi connectivity index (χ1) is 18.3. The summed E-state index contributed by atoms with van der Waals surface area (Å²) < 4.78 is 60.9. The van der Waals surface area contributed by atoms with Gasteiger partial charge in [-0.2, -0.15) is 0 Å². The molecule has 0 saturated carbocycles. The minimum absolute atomic E-state index is 0.397. The zero-order valence-electron chi connectivity index (χ0n) is 20.7. The Hall–Kier alpha value is -3.08. The number of ether oxygens (including phenoxy) is 2. The summed E-state index contributed by atoms with van der Waals surface area (Å²) in [4.78, 5) is 0. The molecule has 3 rings (SSSR count). The first-order valence-electron chi connectivity index (χ1n) is 10.7. The Morgan fingerprint density at radius 2 is 0.949 bits per heavy atom. The summed E-state index contributed by atoms with van der Waals surface area (Å²) >= 11 is 0. The number of para-hydroxylation sites is 1. The van der Waals surface area contributed by atoms with Crippen LogP contribution in [0, 0.1) is 0 Å². The van der Waals surface area contributed by atoms with E-state index < -0.39 is 35.2 Å². The molecule has 0 amide bonds. The minimum Gasteiger partial charge on any atom is -0.493 e. The van der Waals surface area contributed by atoms with Gasteiger partial charge in [0.1, 0.15) is 5.60 Å². The number of halogens is 4. The molecule has 210 valence electrons. The first kappa shape index (κ1) is 35.9. The van der Waals surface area contributed by atoms with Crippen LogP contribution in [0.25, 0.3) is 0 Å². The molecule has 0 aliphatic rings. The Bertz CT molecular complexity index is 980. The van der Waals surface area contributed by atoms with Gasteiger partial charge in [-0.1, -0.05) is 72.8 Å². The molecule has 0 atom stereocenters. The number of hydrogen-bond acceptors (Lipinski definition) is 10. The Morgan fingerprint density at radius 1 is 0.564 bits per heavy atom. The van der Waals surface area contributed by atoms with E-state index in [1.54, 1.807) is 18.2 Å². The lowest BCUT2D eigenvalue weighted by molar-refractivity contribution is 0.0971. The molecule has 0 radical (unpaired) electrons. The van der Waals surface area contributed by atoms with Gasteiger partial charge in [-0.05, 0) is 17.2 Å². The molecule has 0 aromatic heterocycles. The summed E-state index contributed by atoms with van der Waals surface area (Å²) in [6.45, 7) is 0. The second-order valence-electron chi connectivity index (χ2n) is 6.80. The fraction of sp³-hybridized carbons (Fsp3) is 0.143. The van der Waals surface area contributed by atoms with Crippen molar-refractivity contribution < 1.29 is 66.6 Å². The second-order valence-corrected chi connectivity index (χ2v) is 6.80. The highest BCUT2D eigenvalue weighted by molar-refractivity contribution is 6.34. The zero-order valence-corrected chi connectivity index (χ0v) is 20.7. The number of methoxy groups -OCH3 is 2. The second kappa shape index (κ2) is 19.1. The largest absolute Gasteiger partial charge is 0.678 e. The molecule has 0 heterocycles. The Kier molecular flexibility index (Phi) is 17.5. The maximum Gasteiger partial charge on any atom is 0.678 e. The van der Waals surface area contributed by atoms with E-state index in [2.05, 4.69) is 0 Å². The molecule has 3 aromatic rings. The fourth-order valence-electron chi connectivity index (χ4n) is 3.33. The lowest BCUT2D eigenvalue weighted by atomic mass is 9.78. The van der Waals surface area contributed by atoms with E-state index in [-0.39, 0.29) is 0 Å². The van der Waals surface area contributed by atoms with Crippen molar-refractivity contribution in [2.75, 3.05) is 14.2 Å². The first-order valence-corrected chi connectivity index (χ1v) is 10.7. The molecule has 18 heteroatoms. The van der Waals surface area contributed by atoms with E-state index in [9.17, 15) is 22.3 Å². The number of benzene rings is 3. The van der Waals surface area contributed by atoms with Gasteiger partial charge in [-0.25, -0.2) is 0 Å². The molecule has 0 unspecified atom stereocenters. The maximum atomic E-state index is 13.9. The number of rotatable bonds is 7. The third kappa shape index (κ3) is 13.0. The van der Waals surface area contributed by atoms with Gasteiger partial charge in [0.2, 0.25) is 0 Å². The van der Waals surface area contributed by atoms with Gasteiger partial charge >= 0.3 is 29.6 Å². The van der Waals surface area contributed by atoms with Crippen LogP contribution in [-0.2, 0) is 10.3 Å². The van der Waals surface area contributed by atoms with Gasteiger partial charge in [0.05, 0.1) is 14.2 Å². The predicted molar refractivity (Wildman–Crippen MR) is 136 cm³/mol. The summed E-state index contributed by atoms with van der Waals surface area (Å²) in [5.41, 5.74) is 0.341. The third-order valence-corrected chi connectivity index (χ3v) is 4.42. The zero-order chi connectivity index (χ0) is 30.0. The monoisotopic (exact) mass is 558 g/mol. The van der Waals surface area contributed by atoms with Crippen molar-refractivity contribution in [2.24, 2.45) is 0 Å². The van der Waals surface area contributed by atoms with Crippen LogP contribution in [0.5, 0.6) is 11.5 Å². The van der Waals surface area contributed by atoms with Crippen LogP contribution < -0.4 is 9.47 Å². The smallest absolute Gasteiger partial charge is 0.493 e. The summed E-state index contributed by atoms with van der Waals surface area (Å²) in [6, 6.07) is 23.6. The van der Waals surface area contributed by atoms with Crippen molar-refractivity contribution in [1.82, 2.24) is 0 Å². The molecule has 39 heavy (non-hydrogen) atoms. The molecule has 0 fully saturated rings. The highest BCUT2D eigenvalue weighted by Crippen LogP contribution is 2.47. The molecule has 0 aliphatic heterocycles. The average molecular weight is 558 g/mol. The quantitative estimate of drug-likeness (QED) is 0.125. The van der Waals surface area contributed by atoms with Gasteiger partial charge in [-0.15, -0.1) is 0 Å². The molecule has 0 spiro atoms. The van der Waals surface area contributed by atoms with Gasteiger partial charge in [0, 0.05) is 5.56 Å². The Labute approximate surface area is 223 Å². The maximum absolute atomic E-state index is 13.9. The van der Waals surface area contributed by atoms with Crippen LogP contribution in [0.3, 0.4) is 0 Å². The van der Waals surface area contributed by atoms with Gasteiger partial charge in [0.15, 0.2) is 11.5 Å². The normalized spacial score (nSPS) is 9.77. The van der Waals surface area contributed by atoms with E-state index in [0.29, 0.717) is 28.2 Å². The fourth-order valence-corrected chi connectivity index (χ4v) is 3.33. The van der Waals surface area contributed by atoms with Gasteiger partial charge in [0.25, 0.3) is 0 Å². The van der Waals surface area contributed by atoms with Crippen LogP contribution in [0.15, 0.2) is 78.9 Å². The van der Waals surface area contributed by atoms with E-state index in [0.717, 1.165) is 0 Å². The van der Waals surface area contributed by atoms with Crippen molar-refractivity contribution in [3.63, 3.8) is 0 Å². The van der Waals surface area contributed by atoms with Crippen LogP contribution in [0.2, 0.25) is 0 Å². The summed E-state index contributed by atoms with van der Waals surface area (Å²) in [6.07, 6.45) is 0.